The Labute approximate surface area is 135 Å². The molecule has 21 heavy (non-hydrogen) atoms. The van der Waals surface area contributed by atoms with Crippen LogP contribution in [0.2, 0.25) is 0 Å². The first kappa shape index (κ1) is 15.3. The summed E-state index contributed by atoms with van der Waals surface area (Å²) in [4.78, 5) is 0. The average Bonchev–Trinajstić information content (AvgIpc) is 2.46. The van der Waals surface area contributed by atoms with Crippen molar-refractivity contribution in [3.05, 3.63) is 28.2 Å². The fraction of sp³-hybridized carbons (Fsp3) is 0.647. The van der Waals surface area contributed by atoms with E-state index in [9.17, 15) is 0 Å². The topological polar surface area (TPSA) is 30.5 Å². The Bertz CT molecular complexity index is 488. The Balaban J connectivity index is 1.68. The molecule has 0 radical (unpaired) electrons. The molecule has 1 aliphatic heterocycles. The van der Waals surface area contributed by atoms with Crippen LogP contribution in [-0.4, -0.2) is 24.9 Å². The van der Waals surface area contributed by atoms with Crippen LogP contribution in [0.15, 0.2) is 22.7 Å². The van der Waals surface area contributed by atoms with Gasteiger partial charge < -0.3 is 14.8 Å². The zero-order valence-corrected chi connectivity index (χ0v) is 14.2. The molecule has 1 atom stereocenters. The number of hydrogen-bond donors (Lipinski definition) is 1. The summed E-state index contributed by atoms with van der Waals surface area (Å²) < 4.78 is 13.4. The van der Waals surface area contributed by atoms with Crippen LogP contribution in [0.5, 0.6) is 5.75 Å². The minimum Gasteiger partial charge on any atom is -0.490 e. The Morgan fingerprint density at radius 1 is 1.43 bits per heavy atom. The van der Waals surface area contributed by atoms with Gasteiger partial charge in [0.25, 0.3) is 0 Å². The summed E-state index contributed by atoms with van der Waals surface area (Å²) in [6, 6.07) is 6.29. The van der Waals surface area contributed by atoms with E-state index >= 15 is 0 Å². The predicted octanol–water partition coefficient (Wildman–Crippen LogP) is 4.04. The Hall–Kier alpha value is -0.580. The molecule has 1 saturated heterocycles. The van der Waals surface area contributed by atoms with Crippen LogP contribution < -0.4 is 10.1 Å². The van der Waals surface area contributed by atoms with E-state index < -0.39 is 0 Å². The van der Waals surface area contributed by atoms with Gasteiger partial charge in [-0.1, -0.05) is 22.9 Å². The second-order valence-corrected chi connectivity index (χ2v) is 7.07. The third-order valence-electron chi connectivity index (χ3n) is 4.59. The molecule has 4 heteroatoms. The van der Waals surface area contributed by atoms with Gasteiger partial charge in [-0.15, -0.1) is 0 Å². The van der Waals surface area contributed by atoms with Crippen LogP contribution in [0.1, 0.15) is 44.6 Å². The Morgan fingerprint density at radius 3 is 3.00 bits per heavy atom. The van der Waals surface area contributed by atoms with Crippen LogP contribution in [0, 0.1) is 0 Å². The van der Waals surface area contributed by atoms with Gasteiger partial charge in [0.1, 0.15) is 11.9 Å². The maximum atomic E-state index is 6.33. The Kier molecular flexibility index (Phi) is 4.87. The summed E-state index contributed by atoms with van der Waals surface area (Å²) in [5, 5.41) is 3.38. The van der Waals surface area contributed by atoms with Gasteiger partial charge in [0.2, 0.25) is 0 Å². The molecule has 3 nitrogen and oxygen atoms in total. The molecule has 1 aromatic rings. The number of rotatable bonds is 5. The van der Waals surface area contributed by atoms with Crippen molar-refractivity contribution in [3.8, 4) is 5.75 Å². The highest BCUT2D eigenvalue weighted by atomic mass is 79.9. The molecule has 1 N–H and O–H groups in total. The summed E-state index contributed by atoms with van der Waals surface area (Å²) in [6.45, 7) is 4.77. The molecule has 0 amide bonds. The first-order chi connectivity index (χ1) is 10.2. The highest BCUT2D eigenvalue weighted by Gasteiger charge is 2.43. The van der Waals surface area contributed by atoms with Crippen molar-refractivity contribution in [2.75, 3.05) is 13.2 Å². The molecular formula is C17H24BrNO2. The molecule has 2 fully saturated rings. The van der Waals surface area contributed by atoms with Gasteiger partial charge >= 0.3 is 0 Å². The van der Waals surface area contributed by atoms with Crippen molar-refractivity contribution in [2.45, 2.75) is 57.3 Å². The van der Waals surface area contributed by atoms with Gasteiger partial charge in [-0.05, 0) is 44.0 Å². The minimum atomic E-state index is 0.139. The molecule has 1 aliphatic carbocycles. The SMILES string of the molecule is CCNCc1cc(Br)ccc1OC1CCOC2(CCC2)C1. The zero-order chi connectivity index (χ0) is 14.7. The highest BCUT2D eigenvalue weighted by molar-refractivity contribution is 9.10. The first-order valence-corrected chi connectivity index (χ1v) is 8.80. The van der Waals surface area contributed by atoms with Crippen molar-refractivity contribution in [1.82, 2.24) is 5.32 Å². The number of benzene rings is 1. The maximum Gasteiger partial charge on any atom is 0.124 e. The van der Waals surface area contributed by atoms with Crippen molar-refractivity contribution in [3.63, 3.8) is 0 Å². The molecule has 3 rings (SSSR count). The number of nitrogens with one attached hydrogen (secondary N) is 1. The maximum absolute atomic E-state index is 6.33. The quantitative estimate of drug-likeness (QED) is 0.866. The van der Waals surface area contributed by atoms with Crippen LogP contribution in [0.4, 0.5) is 0 Å². The van der Waals surface area contributed by atoms with E-state index in [1.807, 2.05) is 0 Å². The summed E-state index contributed by atoms with van der Waals surface area (Å²) in [6.07, 6.45) is 6.05. The van der Waals surface area contributed by atoms with E-state index in [0.717, 1.165) is 42.8 Å². The number of hydrogen-bond acceptors (Lipinski definition) is 3. The van der Waals surface area contributed by atoms with Gasteiger partial charge in [0.05, 0.1) is 12.2 Å². The molecular weight excluding hydrogens is 330 g/mol. The van der Waals surface area contributed by atoms with E-state index in [1.54, 1.807) is 0 Å². The minimum absolute atomic E-state index is 0.139. The van der Waals surface area contributed by atoms with Crippen LogP contribution in [0.3, 0.4) is 0 Å². The fourth-order valence-electron chi connectivity index (χ4n) is 3.24. The first-order valence-electron chi connectivity index (χ1n) is 8.00. The molecule has 2 aliphatic rings. The van der Waals surface area contributed by atoms with E-state index in [0.29, 0.717) is 6.10 Å². The molecule has 0 aromatic heterocycles. The molecule has 1 unspecified atom stereocenters. The monoisotopic (exact) mass is 353 g/mol. The lowest BCUT2D eigenvalue weighted by Crippen LogP contribution is -2.48. The van der Waals surface area contributed by atoms with Gasteiger partial charge in [-0.25, -0.2) is 0 Å². The van der Waals surface area contributed by atoms with Gasteiger partial charge in [-0.2, -0.15) is 0 Å². The lowest BCUT2D eigenvalue weighted by Gasteiger charge is -2.47. The summed E-state index contributed by atoms with van der Waals surface area (Å²) in [5.41, 5.74) is 1.36. The molecule has 1 spiro atoms. The van der Waals surface area contributed by atoms with Gasteiger partial charge in [-0.3, -0.25) is 0 Å². The molecule has 0 bridgehead atoms. The van der Waals surface area contributed by atoms with Crippen LogP contribution in [0.25, 0.3) is 0 Å². The second kappa shape index (κ2) is 6.67. The molecule has 1 heterocycles. The van der Waals surface area contributed by atoms with E-state index in [1.165, 1.54) is 24.8 Å². The summed E-state index contributed by atoms with van der Waals surface area (Å²) in [5.74, 6) is 1.01. The molecule has 1 aromatic carbocycles. The predicted molar refractivity (Wildman–Crippen MR) is 87.7 cm³/mol. The second-order valence-electron chi connectivity index (χ2n) is 6.15. The average molecular weight is 354 g/mol. The van der Waals surface area contributed by atoms with Gasteiger partial charge in [0, 0.05) is 29.4 Å². The number of halogens is 1. The van der Waals surface area contributed by atoms with Crippen molar-refractivity contribution in [2.24, 2.45) is 0 Å². The Morgan fingerprint density at radius 2 is 2.29 bits per heavy atom. The van der Waals surface area contributed by atoms with Crippen LogP contribution >= 0.6 is 15.9 Å². The van der Waals surface area contributed by atoms with E-state index in [4.69, 9.17) is 9.47 Å². The largest absolute Gasteiger partial charge is 0.490 e. The van der Waals surface area contributed by atoms with Crippen molar-refractivity contribution < 1.29 is 9.47 Å². The molecule has 1 saturated carbocycles. The highest BCUT2D eigenvalue weighted by Crippen LogP contribution is 2.43. The van der Waals surface area contributed by atoms with E-state index in [2.05, 4.69) is 46.4 Å². The molecule has 116 valence electrons. The van der Waals surface area contributed by atoms with Crippen molar-refractivity contribution >= 4 is 15.9 Å². The lowest BCUT2D eigenvalue weighted by atomic mass is 9.74. The van der Waals surface area contributed by atoms with E-state index in [-0.39, 0.29) is 5.60 Å². The smallest absolute Gasteiger partial charge is 0.124 e. The summed E-state index contributed by atoms with van der Waals surface area (Å²) >= 11 is 3.55. The normalized spacial score (nSPS) is 23.8. The third kappa shape index (κ3) is 3.61. The lowest BCUT2D eigenvalue weighted by molar-refractivity contribution is -0.153. The van der Waals surface area contributed by atoms with Crippen LogP contribution in [-0.2, 0) is 11.3 Å². The standard InChI is InChI=1S/C17H24BrNO2/c1-2-19-12-13-10-14(18)4-5-16(13)21-15-6-9-20-17(11-15)7-3-8-17/h4-5,10,15,19H,2-3,6-9,11-12H2,1H3. The van der Waals surface area contributed by atoms with Gasteiger partial charge in [0.15, 0.2) is 0 Å². The summed E-state index contributed by atoms with van der Waals surface area (Å²) in [7, 11) is 0. The zero-order valence-electron chi connectivity index (χ0n) is 12.7. The third-order valence-corrected chi connectivity index (χ3v) is 5.09. The number of ether oxygens (including phenoxy) is 2. The van der Waals surface area contributed by atoms with Crippen molar-refractivity contribution in [1.29, 1.82) is 0 Å². The fourth-order valence-corrected chi connectivity index (χ4v) is 3.65.